The number of aryl methyl sites for hydroxylation is 1. The van der Waals surface area contributed by atoms with Crippen LogP contribution < -0.4 is 0 Å². The number of benzene rings is 2. The predicted molar refractivity (Wildman–Crippen MR) is 101 cm³/mol. The molecule has 0 amide bonds. The van der Waals surface area contributed by atoms with Gasteiger partial charge in [0.15, 0.2) is 22.9 Å². The Bertz CT molecular complexity index is 947. The summed E-state index contributed by atoms with van der Waals surface area (Å²) in [6.07, 6.45) is 0. The minimum absolute atomic E-state index is 0.354. The largest absolute Gasteiger partial charge is 0.440 e. The Morgan fingerprint density at radius 2 is 1.28 bits per heavy atom. The van der Waals surface area contributed by atoms with Gasteiger partial charge in [0.25, 0.3) is 0 Å². The molecule has 130 valence electrons. The highest BCUT2D eigenvalue weighted by molar-refractivity contribution is 5.73. The van der Waals surface area contributed by atoms with Crippen LogP contribution in [0.2, 0.25) is 0 Å². The normalized spacial score (nSPS) is 11.3. The monoisotopic (exact) mass is 336 g/mol. The van der Waals surface area contributed by atoms with Gasteiger partial charge in [-0.05, 0) is 36.8 Å². The van der Waals surface area contributed by atoms with E-state index < -0.39 is 0 Å². The van der Waals surface area contributed by atoms with E-state index in [1.807, 2.05) is 42.5 Å². The lowest BCUT2D eigenvalue weighted by Gasteiger charge is -1.93. The molecule has 0 saturated heterocycles. The summed E-state index contributed by atoms with van der Waals surface area (Å²) in [6, 6.07) is 13.9. The number of hydrogen-bond donors (Lipinski definition) is 0. The minimum atomic E-state index is 0.354. The molecule has 0 bridgehead atoms. The van der Waals surface area contributed by atoms with Crippen LogP contribution in [0.1, 0.15) is 56.9 Å². The van der Waals surface area contributed by atoms with E-state index in [-0.39, 0.29) is 0 Å². The van der Waals surface area contributed by atoms with E-state index in [0.29, 0.717) is 11.8 Å². The molecule has 0 fully saturated rings. The third-order valence-electron chi connectivity index (χ3n) is 3.86. The zero-order chi connectivity index (χ0) is 18.0. The molecule has 0 unspecified atom stereocenters. The summed E-state index contributed by atoms with van der Waals surface area (Å²) in [5, 5.41) is 0. The van der Waals surface area contributed by atoms with Crippen molar-refractivity contribution < 1.29 is 8.83 Å². The van der Waals surface area contributed by atoms with Crippen LogP contribution in [0.4, 0.5) is 0 Å². The van der Waals surface area contributed by atoms with Crippen LogP contribution in [0, 0.1) is 6.92 Å². The summed E-state index contributed by atoms with van der Waals surface area (Å²) in [7, 11) is 0. The van der Waals surface area contributed by atoms with E-state index in [1.54, 1.807) is 0 Å². The van der Waals surface area contributed by atoms with Gasteiger partial charge in [-0.1, -0.05) is 45.9 Å². The molecule has 4 rings (SSSR count). The zero-order valence-electron chi connectivity index (χ0n) is 15.4. The van der Waals surface area contributed by atoms with Gasteiger partial charge in [-0.3, -0.25) is 0 Å². The Balaban J connectivity index is 0.000000146. The van der Waals surface area contributed by atoms with E-state index >= 15 is 0 Å². The summed E-state index contributed by atoms with van der Waals surface area (Å²) in [5.41, 5.74) is 4.89. The number of aromatic nitrogens is 2. The van der Waals surface area contributed by atoms with Crippen molar-refractivity contribution in [3.8, 4) is 0 Å². The van der Waals surface area contributed by atoms with Crippen molar-refractivity contribution in [2.45, 2.75) is 46.5 Å². The average Bonchev–Trinajstić information content (AvgIpc) is 3.18. The lowest BCUT2D eigenvalue weighted by molar-refractivity contribution is 0.501. The maximum atomic E-state index is 5.57. The number of oxazole rings is 2. The standard InChI is InChI=1S/C11H13NO.C10H11NO/c1-7(2)11-12-9-6-8(3)4-5-10(9)13-11;1-7(2)10-11-8-5-3-4-6-9(8)12-10/h4-7H,1-3H3;3-7H,1-2H3. The Morgan fingerprint density at radius 3 is 1.88 bits per heavy atom. The van der Waals surface area contributed by atoms with Crippen LogP contribution in [0.25, 0.3) is 22.2 Å². The molecule has 0 aliphatic heterocycles. The van der Waals surface area contributed by atoms with Crippen LogP contribution in [0.5, 0.6) is 0 Å². The molecule has 2 aromatic heterocycles. The van der Waals surface area contributed by atoms with E-state index in [2.05, 4.69) is 44.6 Å². The van der Waals surface area contributed by atoms with E-state index in [1.165, 1.54) is 5.56 Å². The van der Waals surface area contributed by atoms with Gasteiger partial charge in [-0.25, -0.2) is 9.97 Å². The van der Waals surface area contributed by atoms with Crippen LogP contribution in [0.3, 0.4) is 0 Å². The third-order valence-corrected chi connectivity index (χ3v) is 3.86. The molecule has 4 aromatic rings. The van der Waals surface area contributed by atoms with Gasteiger partial charge in [0.1, 0.15) is 11.0 Å². The molecule has 0 aliphatic carbocycles. The molecule has 25 heavy (non-hydrogen) atoms. The molecule has 0 N–H and O–H groups in total. The highest BCUT2D eigenvalue weighted by Gasteiger charge is 2.08. The lowest BCUT2D eigenvalue weighted by Crippen LogP contribution is -1.84. The summed E-state index contributed by atoms with van der Waals surface area (Å²) >= 11 is 0. The average molecular weight is 336 g/mol. The maximum absolute atomic E-state index is 5.57. The second kappa shape index (κ2) is 7.09. The molecule has 0 saturated carbocycles. The molecule has 0 atom stereocenters. The number of rotatable bonds is 2. The van der Waals surface area contributed by atoms with Crippen molar-refractivity contribution in [1.82, 2.24) is 9.97 Å². The highest BCUT2D eigenvalue weighted by Crippen LogP contribution is 2.22. The van der Waals surface area contributed by atoms with Gasteiger partial charge in [0.2, 0.25) is 0 Å². The first-order valence-corrected chi connectivity index (χ1v) is 8.66. The molecule has 4 heteroatoms. The first-order chi connectivity index (χ1) is 11.9. The number of fused-ring (bicyclic) bond motifs is 2. The van der Waals surface area contributed by atoms with E-state index in [4.69, 9.17) is 8.83 Å². The highest BCUT2D eigenvalue weighted by atomic mass is 16.4. The number of hydrogen-bond acceptors (Lipinski definition) is 4. The fourth-order valence-corrected chi connectivity index (χ4v) is 2.44. The van der Waals surface area contributed by atoms with Crippen LogP contribution in [-0.2, 0) is 0 Å². The molecule has 0 spiro atoms. The fourth-order valence-electron chi connectivity index (χ4n) is 2.44. The van der Waals surface area contributed by atoms with Crippen molar-refractivity contribution in [2.24, 2.45) is 0 Å². The lowest BCUT2D eigenvalue weighted by atomic mass is 10.2. The molecule has 0 radical (unpaired) electrons. The SMILES string of the molecule is CC(C)c1nc2ccccc2o1.Cc1ccc2oc(C(C)C)nc2c1. The van der Waals surface area contributed by atoms with Gasteiger partial charge >= 0.3 is 0 Å². The van der Waals surface area contributed by atoms with Gasteiger partial charge in [0.05, 0.1) is 0 Å². The third kappa shape index (κ3) is 3.90. The fraction of sp³-hybridized carbons (Fsp3) is 0.333. The Labute approximate surface area is 147 Å². The first-order valence-electron chi connectivity index (χ1n) is 8.66. The first kappa shape index (κ1) is 17.2. The Kier molecular flexibility index (Phi) is 4.88. The second-order valence-corrected chi connectivity index (χ2v) is 6.85. The van der Waals surface area contributed by atoms with Crippen molar-refractivity contribution in [2.75, 3.05) is 0 Å². The van der Waals surface area contributed by atoms with Crippen molar-refractivity contribution in [3.63, 3.8) is 0 Å². The quantitative estimate of drug-likeness (QED) is 0.436. The van der Waals surface area contributed by atoms with Crippen LogP contribution in [0.15, 0.2) is 51.3 Å². The predicted octanol–water partition coefficient (Wildman–Crippen LogP) is 6.21. The van der Waals surface area contributed by atoms with E-state index in [0.717, 1.165) is 34.0 Å². The molecular formula is C21H24N2O2. The van der Waals surface area contributed by atoms with Crippen molar-refractivity contribution in [3.05, 3.63) is 59.8 Å². The Morgan fingerprint density at radius 1 is 0.720 bits per heavy atom. The topological polar surface area (TPSA) is 52.1 Å². The summed E-state index contributed by atoms with van der Waals surface area (Å²) < 4.78 is 11.1. The molecule has 0 aliphatic rings. The van der Waals surface area contributed by atoms with Gasteiger partial charge in [-0.15, -0.1) is 0 Å². The van der Waals surface area contributed by atoms with Crippen LogP contribution in [-0.4, -0.2) is 9.97 Å². The van der Waals surface area contributed by atoms with Gasteiger partial charge in [-0.2, -0.15) is 0 Å². The summed E-state index contributed by atoms with van der Waals surface area (Å²) in [4.78, 5) is 8.75. The Hall–Kier alpha value is -2.62. The van der Waals surface area contributed by atoms with Crippen molar-refractivity contribution >= 4 is 22.2 Å². The molecule has 2 aromatic carbocycles. The molecule has 2 heterocycles. The number of para-hydroxylation sites is 2. The number of nitrogens with zero attached hydrogens (tertiary/aromatic N) is 2. The van der Waals surface area contributed by atoms with Gasteiger partial charge < -0.3 is 8.83 Å². The molecular weight excluding hydrogens is 312 g/mol. The zero-order valence-corrected chi connectivity index (χ0v) is 15.4. The van der Waals surface area contributed by atoms with E-state index in [9.17, 15) is 0 Å². The smallest absolute Gasteiger partial charge is 0.198 e. The summed E-state index contributed by atoms with van der Waals surface area (Å²) in [5.74, 6) is 2.35. The maximum Gasteiger partial charge on any atom is 0.198 e. The summed E-state index contributed by atoms with van der Waals surface area (Å²) in [6.45, 7) is 10.4. The van der Waals surface area contributed by atoms with Crippen molar-refractivity contribution in [1.29, 1.82) is 0 Å². The van der Waals surface area contributed by atoms with Gasteiger partial charge in [0, 0.05) is 11.8 Å². The van der Waals surface area contributed by atoms with Crippen LogP contribution >= 0.6 is 0 Å². The minimum Gasteiger partial charge on any atom is -0.440 e. The molecule has 4 nitrogen and oxygen atoms in total. The second-order valence-electron chi connectivity index (χ2n) is 6.85.